The van der Waals surface area contributed by atoms with Crippen molar-refractivity contribution in [2.45, 2.75) is 58.2 Å². The highest BCUT2D eigenvalue weighted by Gasteiger charge is 2.35. The lowest BCUT2D eigenvalue weighted by molar-refractivity contribution is -0.0182. The van der Waals surface area contributed by atoms with E-state index in [0.29, 0.717) is 12.1 Å². The highest BCUT2D eigenvalue weighted by Crippen LogP contribution is 2.23. The minimum Gasteiger partial charge on any atom is -0.383 e. The fraction of sp³-hybridized carbons (Fsp3) is 1.00. The molecular weight excluding hydrogens is 200 g/mol. The van der Waals surface area contributed by atoms with Gasteiger partial charge >= 0.3 is 0 Å². The maximum Gasteiger partial charge on any atom is 0.0641 e. The van der Waals surface area contributed by atoms with E-state index in [4.69, 9.17) is 4.74 Å². The minimum absolute atomic E-state index is 0.144. The Hall–Kier alpha value is -0.120. The topological polar surface area (TPSA) is 24.5 Å². The zero-order valence-electron chi connectivity index (χ0n) is 11.5. The summed E-state index contributed by atoms with van der Waals surface area (Å²) in [6.45, 7) is 12.2. The van der Waals surface area contributed by atoms with Crippen LogP contribution in [-0.2, 0) is 4.74 Å². The molecule has 1 heterocycles. The molecule has 0 radical (unpaired) electrons. The Morgan fingerprint density at radius 2 is 2.00 bits per heavy atom. The van der Waals surface area contributed by atoms with E-state index in [-0.39, 0.29) is 5.54 Å². The van der Waals surface area contributed by atoms with Crippen LogP contribution in [0.4, 0.5) is 0 Å². The maximum atomic E-state index is 5.36. The van der Waals surface area contributed by atoms with Gasteiger partial charge < -0.3 is 10.1 Å². The summed E-state index contributed by atoms with van der Waals surface area (Å²) in [6.07, 6.45) is 2.41. The molecule has 2 atom stereocenters. The number of nitrogens with one attached hydrogen (secondary N) is 1. The second-order valence-electron chi connectivity index (χ2n) is 5.47. The van der Waals surface area contributed by atoms with E-state index in [1.165, 1.54) is 12.8 Å². The van der Waals surface area contributed by atoms with Gasteiger partial charge in [-0.2, -0.15) is 0 Å². The predicted molar refractivity (Wildman–Crippen MR) is 68.8 cm³/mol. The molecule has 2 unspecified atom stereocenters. The molecule has 0 aromatic carbocycles. The van der Waals surface area contributed by atoms with E-state index in [9.17, 15) is 0 Å². The molecule has 0 aromatic heterocycles. The molecule has 1 rings (SSSR count). The van der Waals surface area contributed by atoms with Gasteiger partial charge in [-0.15, -0.1) is 0 Å². The van der Waals surface area contributed by atoms with Crippen LogP contribution in [0.15, 0.2) is 0 Å². The molecule has 1 aliphatic rings. The van der Waals surface area contributed by atoms with Crippen LogP contribution >= 0.6 is 0 Å². The first-order chi connectivity index (χ1) is 7.55. The van der Waals surface area contributed by atoms with Crippen LogP contribution in [0.3, 0.4) is 0 Å². The number of hydrogen-bond acceptors (Lipinski definition) is 3. The van der Waals surface area contributed by atoms with Crippen molar-refractivity contribution < 1.29 is 4.74 Å². The van der Waals surface area contributed by atoms with Crippen molar-refractivity contribution in [2.75, 3.05) is 26.8 Å². The summed E-state index contributed by atoms with van der Waals surface area (Å²) in [5.74, 6) is 0. The second kappa shape index (κ2) is 5.99. The van der Waals surface area contributed by atoms with Crippen LogP contribution in [-0.4, -0.2) is 49.3 Å². The van der Waals surface area contributed by atoms with Gasteiger partial charge in [-0.1, -0.05) is 13.8 Å². The first-order valence-corrected chi connectivity index (χ1v) is 6.54. The Bertz CT molecular complexity index is 206. The van der Waals surface area contributed by atoms with Gasteiger partial charge in [0.2, 0.25) is 0 Å². The Kier molecular flexibility index (Phi) is 5.22. The molecule has 0 aliphatic carbocycles. The van der Waals surface area contributed by atoms with Crippen LogP contribution < -0.4 is 5.32 Å². The van der Waals surface area contributed by atoms with Gasteiger partial charge in [0.15, 0.2) is 0 Å². The van der Waals surface area contributed by atoms with Crippen LogP contribution in [0.25, 0.3) is 0 Å². The first-order valence-electron chi connectivity index (χ1n) is 6.54. The van der Waals surface area contributed by atoms with Crippen LogP contribution in [0.5, 0.6) is 0 Å². The van der Waals surface area contributed by atoms with E-state index in [0.717, 1.165) is 19.7 Å². The van der Waals surface area contributed by atoms with Crippen molar-refractivity contribution in [3.8, 4) is 0 Å². The number of methoxy groups -OCH3 is 1. The Balaban J connectivity index is 2.70. The Labute approximate surface area is 101 Å². The summed E-state index contributed by atoms with van der Waals surface area (Å²) in [5.41, 5.74) is 0.144. The van der Waals surface area contributed by atoms with Crippen molar-refractivity contribution in [1.29, 1.82) is 0 Å². The van der Waals surface area contributed by atoms with Gasteiger partial charge in [-0.05, 0) is 26.7 Å². The lowest BCUT2D eigenvalue weighted by Gasteiger charge is -2.48. The van der Waals surface area contributed by atoms with Gasteiger partial charge in [0.05, 0.1) is 6.61 Å². The molecule has 0 aromatic rings. The van der Waals surface area contributed by atoms with E-state index >= 15 is 0 Å². The molecule has 3 heteroatoms. The Morgan fingerprint density at radius 1 is 1.31 bits per heavy atom. The maximum absolute atomic E-state index is 5.36. The summed E-state index contributed by atoms with van der Waals surface area (Å²) in [5, 5.41) is 3.63. The molecule has 96 valence electrons. The predicted octanol–water partition coefficient (Wildman–Crippen LogP) is 1.87. The largest absolute Gasteiger partial charge is 0.383 e. The third kappa shape index (κ3) is 3.19. The molecule has 1 fully saturated rings. The molecular formula is C13H28N2O. The smallest absolute Gasteiger partial charge is 0.0641 e. The lowest BCUT2D eigenvalue weighted by atomic mass is 9.95. The summed E-state index contributed by atoms with van der Waals surface area (Å²) in [6, 6.07) is 1.28. The molecule has 0 bridgehead atoms. The summed E-state index contributed by atoms with van der Waals surface area (Å²) in [7, 11) is 1.79. The average molecular weight is 228 g/mol. The third-order valence-electron chi connectivity index (χ3n) is 3.74. The molecule has 0 amide bonds. The summed E-state index contributed by atoms with van der Waals surface area (Å²) >= 11 is 0. The number of rotatable bonds is 5. The SMILES string of the molecule is CCC1CN(C(C)(C)COC)C(CC)CN1. The number of piperazine rings is 1. The zero-order valence-corrected chi connectivity index (χ0v) is 11.5. The van der Waals surface area contributed by atoms with Crippen molar-refractivity contribution in [1.82, 2.24) is 10.2 Å². The van der Waals surface area contributed by atoms with Crippen molar-refractivity contribution in [3.05, 3.63) is 0 Å². The lowest BCUT2D eigenvalue weighted by Crippen LogP contribution is -2.63. The van der Waals surface area contributed by atoms with Gasteiger partial charge in [-0.25, -0.2) is 0 Å². The molecule has 1 saturated heterocycles. The summed E-state index contributed by atoms with van der Waals surface area (Å²) in [4.78, 5) is 2.63. The quantitative estimate of drug-likeness (QED) is 0.777. The normalized spacial score (nSPS) is 28.3. The fourth-order valence-electron chi connectivity index (χ4n) is 2.68. The zero-order chi connectivity index (χ0) is 12.2. The summed E-state index contributed by atoms with van der Waals surface area (Å²) < 4.78 is 5.36. The van der Waals surface area contributed by atoms with E-state index in [1.807, 2.05) is 0 Å². The minimum atomic E-state index is 0.144. The van der Waals surface area contributed by atoms with E-state index in [1.54, 1.807) is 7.11 Å². The highest BCUT2D eigenvalue weighted by molar-refractivity contribution is 4.93. The number of hydrogen-bond donors (Lipinski definition) is 1. The molecule has 1 aliphatic heterocycles. The molecule has 16 heavy (non-hydrogen) atoms. The van der Waals surface area contributed by atoms with E-state index in [2.05, 4.69) is 37.9 Å². The van der Waals surface area contributed by atoms with Crippen molar-refractivity contribution in [3.63, 3.8) is 0 Å². The van der Waals surface area contributed by atoms with Crippen LogP contribution in [0, 0.1) is 0 Å². The number of ether oxygens (including phenoxy) is 1. The molecule has 3 nitrogen and oxygen atoms in total. The van der Waals surface area contributed by atoms with Gasteiger partial charge in [0.1, 0.15) is 0 Å². The monoisotopic (exact) mass is 228 g/mol. The first kappa shape index (κ1) is 13.9. The van der Waals surface area contributed by atoms with Gasteiger partial charge in [0.25, 0.3) is 0 Å². The number of nitrogens with zero attached hydrogens (tertiary/aromatic N) is 1. The van der Waals surface area contributed by atoms with Gasteiger partial charge in [-0.3, -0.25) is 4.90 Å². The molecule has 0 saturated carbocycles. The van der Waals surface area contributed by atoms with Crippen LogP contribution in [0.1, 0.15) is 40.5 Å². The average Bonchev–Trinajstić information content (AvgIpc) is 2.28. The molecule has 0 spiro atoms. The van der Waals surface area contributed by atoms with Crippen molar-refractivity contribution >= 4 is 0 Å². The highest BCUT2D eigenvalue weighted by atomic mass is 16.5. The Morgan fingerprint density at radius 3 is 2.50 bits per heavy atom. The van der Waals surface area contributed by atoms with Crippen molar-refractivity contribution in [2.24, 2.45) is 0 Å². The standard InChI is InChI=1S/C13H28N2O/c1-6-11-9-15(12(7-2)8-14-11)13(3,4)10-16-5/h11-12,14H,6-10H2,1-5H3. The van der Waals surface area contributed by atoms with E-state index < -0.39 is 0 Å². The third-order valence-corrected chi connectivity index (χ3v) is 3.74. The second-order valence-corrected chi connectivity index (χ2v) is 5.47. The molecule has 1 N–H and O–H groups in total. The van der Waals surface area contributed by atoms with Crippen LogP contribution in [0.2, 0.25) is 0 Å². The van der Waals surface area contributed by atoms with Gasteiger partial charge in [0, 0.05) is 37.8 Å². The fourth-order valence-corrected chi connectivity index (χ4v) is 2.68.